The van der Waals surface area contributed by atoms with Crippen molar-refractivity contribution in [3.05, 3.63) is 66.2 Å². The van der Waals surface area contributed by atoms with Gasteiger partial charge in [0.25, 0.3) is 0 Å². The van der Waals surface area contributed by atoms with Crippen LogP contribution in [0.15, 0.2) is 60.7 Å². The number of hydrogen-bond acceptors (Lipinski definition) is 1. The highest BCUT2D eigenvalue weighted by Gasteiger charge is 2.13. The Labute approximate surface area is 133 Å². The molecule has 0 aliphatic carbocycles. The monoisotopic (exact) mass is 297 g/mol. The fourth-order valence-electron chi connectivity index (χ4n) is 3.37. The van der Waals surface area contributed by atoms with E-state index in [0.29, 0.717) is 0 Å². The zero-order valence-corrected chi connectivity index (χ0v) is 12.7. The van der Waals surface area contributed by atoms with E-state index in [9.17, 15) is 0 Å². The minimum atomic E-state index is 1.03. The Hall–Kier alpha value is -3.07. The molecular weight excluding hydrogens is 282 g/mol. The first-order valence-electron chi connectivity index (χ1n) is 7.76. The average Bonchev–Trinajstić information content (AvgIpc) is 3.16. The van der Waals surface area contributed by atoms with Gasteiger partial charge < -0.3 is 0 Å². The molecular formula is C20H15N3. The normalized spacial score (nSPS) is 11.7. The Bertz CT molecular complexity index is 1160. The highest BCUT2D eigenvalue weighted by molar-refractivity contribution is 6.17. The lowest BCUT2D eigenvalue weighted by Gasteiger charge is -1.98. The maximum atomic E-state index is 4.84. The van der Waals surface area contributed by atoms with E-state index in [1.807, 2.05) is 6.07 Å². The Morgan fingerprint density at radius 1 is 0.783 bits per heavy atom. The zero-order chi connectivity index (χ0) is 15.4. The van der Waals surface area contributed by atoms with Crippen LogP contribution < -0.4 is 0 Å². The molecule has 0 bridgehead atoms. The lowest BCUT2D eigenvalue weighted by Crippen LogP contribution is -1.77. The van der Waals surface area contributed by atoms with E-state index in [4.69, 9.17) is 4.98 Å². The van der Waals surface area contributed by atoms with Gasteiger partial charge in [-0.25, -0.2) is 4.98 Å². The number of H-pyrrole nitrogens is 2. The van der Waals surface area contributed by atoms with Crippen molar-refractivity contribution in [2.24, 2.45) is 0 Å². The van der Waals surface area contributed by atoms with Crippen LogP contribution >= 0.6 is 0 Å². The molecule has 3 heteroatoms. The van der Waals surface area contributed by atoms with Crippen LogP contribution in [0.3, 0.4) is 0 Å². The number of aromatic amines is 2. The summed E-state index contributed by atoms with van der Waals surface area (Å²) in [6, 6.07) is 21.1. The number of nitrogens with zero attached hydrogens (tertiary/aromatic N) is 1. The van der Waals surface area contributed by atoms with Crippen molar-refractivity contribution in [3.63, 3.8) is 0 Å². The van der Waals surface area contributed by atoms with Crippen molar-refractivity contribution < 1.29 is 0 Å². The first-order valence-corrected chi connectivity index (χ1v) is 7.76. The standard InChI is InChI=1S/C20H15N3/c1-12-7-10-17-16(11-12)14-8-9-15-18(13-5-3-2-4-6-13)22-23-20(15)19(14)21-17/h2-11,22-23H,1H3. The number of rotatable bonds is 1. The minimum absolute atomic E-state index is 1.03. The topological polar surface area (TPSA) is 44.5 Å². The van der Waals surface area contributed by atoms with Crippen molar-refractivity contribution in [1.82, 2.24) is 15.2 Å². The van der Waals surface area contributed by atoms with Gasteiger partial charge in [-0.1, -0.05) is 48.0 Å². The van der Waals surface area contributed by atoms with E-state index < -0.39 is 0 Å². The van der Waals surface area contributed by atoms with Crippen molar-refractivity contribution >= 4 is 32.7 Å². The molecule has 5 rings (SSSR count). The lowest BCUT2D eigenvalue weighted by molar-refractivity contribution is 1.12. The van der Waals surface area contributed by atoms with Crippen LogP contribution in [0.4, 0.5) is 0 Å². The molecule has 0 radical (unpaired) electrons. The summed E-state index contributed by atoms with van der Waals surface area (Å²) in [6.07, 6.45) is 0. The van der Waals surface area contributed by atoms with Gasteiger partial charge in [-0.05, 0) is 25.1 Å². The number of fused-ring (bicyclic) bond motifs is 5. The summed E-state index contributed by atoms with van der Waals surface area (Å²) in [7, 11) is 0. The van der Waals surface area contributed by atoms with E-state index in [-0.39, 0.29) is 0 Å². The Morgan fingerprint density at radius 2 is 1.61 bits per heavy atom. The second-order valence-electron chi connectivity index (χ2n) is 6.01. The number of aromatic nitrogens is 3. The average molecular weight is 297 g/mol. The quantitative estimate of drug-likeness (QED) is 0.440. The van der Waals surface area contributed by atoms with Gasteiger partial charge in [0, 0.05) is 21.7 Å². The summed E-state index contributed by atoms with van der Waals surface area (Å²) >= 11 is 0. The number of aryl methyl sites for hydroxylation is 1. The predicted octanol–water partition coefficient (Wildman–Crippen LogP) is 5.17. The van der Waals surface area contributed by atoms with Gasteiger partial charge in [0.1, 0.15) is 0 Å². The van der Waals surface area contributed by atoms with Crippen LogP contribution in [-0.2, 0) is 0 Å². The van der Waals surface area contributed by atoms with Crippen molar-refractivity contribution in [1.29, 1.82) is 0 Å². The minimum Gasteiger partial charge on any atom is -0.300 e. The molecule has 0 unspecified atom stereocenters. The molecule has 0 fully saturated rings. The van der Waals surface area contributed by atoms with Gasteiger partial charge >= 0.3 is 0 Å². The Morgan fingerprint density at radius 3 is 2.48 bits per heavy atom. The molecule has 0 amide bonds. The second kappa shape index (κ2) is 4.46. The van der Waals surface area contributed by atoms with Crippen LogP contribution in [0, 0.1) is 6.92 Å². The third kappa shape index (κ3) is 1.73. The van der Waals surface area contributed by atoms with Crippen LogP contribution in [0.1, 0.15) is 5.56 Å². The molecule has 0 spiro atoms. The summed E-state index contributed by atoms with van der Waals surface area (Å²) in [5.74, 6) is 0. The molecule has 110 valence electrons. The van der Waals surface area contributed by atoms with Gasteiger partial charge in [-0.15, -0.1) is 0 Å². The third-order valence-electron chi connectivity index (χ3n) is 4.50. The summed E-state index contributed by atoms with van der Waals surface area (Å²) in [5, 5.41) is 10.2. The van der Waals surface area contributed by atoms with E-state index >= 15 is 0 Å². The molecule has 2 N–H and O–H groups in total. The van der Waals surface area contributed by atoms with Crippen molar-refractivity contribution in [3.8, 4) is 11.3 Å². The summed E-state index contributed by atoms with van der Waals surface area (Å²) in [5.41, 5.74) is 6.68. The molecule has 5 aromatic rings. The summed E-state index contributed by atoms with van der Waals surface area (Å²) < 4.78 is 0. The van der Waals surface area contributed by atoms with Crippen LogP contribution in [0.5, 0.6) is 0 Å². The highest BCUT2D eigenvalue weighted by Crippen LogP contribution is 2.34. The Kier molecular flexibility index (Phi) is 2.42. The molecule has 3 aromatic carbocycles. The summed E-state index contributed by atoms with van der Waals surface area (Å²) in [6.45, 7) is 2.12. The second-order valence-corrected chi connectivity index (χ2v) is 6.01. The van der Waals surface area contributed by atoms with E-state index in [1.165, 1.54) is 27.3 Å². The Balaban J connectivity index is 1.88. The highest BCUT2D eigenvalue weighted by atomic mass is 15.1. The van der Waals surface area contributed by atoms with Crippen LogP contribution in [0.2, 0.25) is 0 Å². The van der Waals surface area contributed by atoms with E-state index in [1.54, 1.807) is 0 Å². The zero-order valence-electron chi connectivity index (χ0n) is 12.7. The fourth-order valence-corrected chi connectivity index (χ4v) is 3.37. The fraction of sp³-hybridized carbons (Fsp3) is 0.0500. The smallest absolute Gasteiger partial charge is 0.0972 e. The lowest BCUT2D eigenvalue weighted by atomic mass is 10.1. The van der Waals surface area contributed by atoms with Gasteiger partial charge in [-0.3, -0.25) is 10.2 Å². The molecule has 3 nitrogen and oxygen atoms in total. The van der Waals surface area contributed by atoms with Crippen LogP contribution in [0.25, 0.3) is 44.0 Å². The maximum absolute atomic E-state index is 4.84. The molecule has 2 aromatic heterocycles. The SMILES string of the molecule is Cc1ccc2nc3c(ccc4c(-c5ccccc5)[nH][nH]c43)c2c1. The molecule has 0 saturated heterocycles. The molecule has 0 aliphatic heterocycles. The number of nitrogens with one attached hydrogen (secondary N) is 2. The van der Waals surface area contributed by atoms with Gasteiger partial charge in [0.15, 0.2) is 0 Å². The molecule has 2 heterocycles. The molecule has 0 atom stereocenters. The number of hydrogen-bond donors (Lipinski definition) is 2. The van der Waals surface area contributed by atoms with E-state index in [0.717, 1.165) is 22.2 Å². The van der Waals surface area contributed by atoms with E-state index in [2.05, 4.69) is 71.7 Å². The predicted molar refractivity (Wildman–Crippen MR) is 95.6 cm³/mol. The maximum Gasteiger partial charge on any atom is 0.0972 e. The molecule has 0 aliphatic rings. The first kappa shape index (κ1) is 12.5. The van der Waals surface area contributed by atoms with Gasteiger partial charge in [0.05, 0.1) is 22.2 Å². The number of benzene rings is 3. The molecule has 0 saturated carbocycles. The van der Waals surface area contributed by atoms with Crippen molar-refractivity contribution in [2.75, 3.05) is 0 Å². The summed E-state index contributed by atoms with van der Waals surface area (Å²) in [4.78, 5) is 4.84. The first-order chi connectivity index (χ1) is 11.3. The van der Waals surface area contributed by atoms with Crippen LogP contribution in [-0.4, -0.2) is 15.2 Å². The molecule has 23 heavy (non-hydrogen) atoms. The van der Waals surface area contributed by atoms with Crippen molar-refractivity contribution in [2.45, 2.75) is 6.92 Å². The largest absolute Gasteiger partial charge is 0.300 e. The van der Waals surface area contributed by atoms with Gasteiger partial charge in [-0.2, -0.15) is 0 Å². The third-order valence-corrected chi connectivity index (χ3v) is 4.50. The van der Waals surface area contributed by atoms with Gasteiger partial charge in [0.2, 0.25) is 0 Å².